The molecule has 0 amide bonds. The molecule has 0 N–H and O–H groups in total. The first-order valence-corrected chi connectivity index (χ1v) is 10.2. The van der Waals surface area contributed by atoms with Crippen molar-refractivity contribution < 1.29 is 4.12 Å². The molecule has 1 rings (SSSR count). The van der Waals surface area contributed by atoms with Gasteiger partial charge in [0.05, 0.1) is 0 Å². The fourth-order valence-electron chi connectivity index (χ4n) is 1.95. The second kappa shape index (κ2) is 7.04. The molecule has 3 heteroatoms. The van der Waals surface area contributed by atoms with Gasteiger partial charge in [0, 0.05) is 0 Å². The van der Waals surface area contributed by atoms with E-state index < -0.39 is 18.1 Å². The van der Waals surface area contributed by atoms with Crippen LogP contribution in [0.3, 0.4) is 0 Å². The van der Waals surface area contributed by atoms with Gasteiger partial charge in [0.1, 0.15) is 0 Å². The van der Waals surface area contributed by atoms with Crippen LogP contribution in [0.2, 0.25) is 17.6 Å². The maximum atomic E-state index is 6.47. The standard InChI is InChI=1S/C13H24OSi2/c1-5-15(6-2)14-16(12(3)4)13-10-8-7-9-11-13/h7-12,15-16H,5-6H2,1-4H3. The minimum absolute atomic E-state index is 0.690. The molecular formula is C13H24OSi2. The van der Waals surface area contributed by atoms with Crippen LogP contribution >= 0.6 is 0 Å². The predicted octanol–water partition coefficient (Wildman–Crippen LogP) is 2.81. The number of hydrogen-bond donors (Lipinski definition) is 0. The lowest BCUT2D eigenvalue weighted by Crippen LogP contribution is -2.40. The van der Waals surface area contributed by atoms with E-state index in [2.05, 4.69) is 58.0 Å². The van der Waals surface area contributed by atoms with E-state index in [9.17, 15) is 0 Å². The third-order valence-corrected chi connectivity index (χ3v) is 9.77. The Bertz CT molecular complexity index is 283. The zero-order valence-corrected chi connectivity index (χ0v) is 13.3. The van der Waals surface area contributed by atoms with Crippen LogP contribution in [0.5, 0.6) is 0 Å². The van der Waals surface area contributed by atoms with E-state index in [-0.39, 0.29) is 0 Å². The molecule has 0 bridgehead atoms. The van der Waals surface area contributed by atoms with E-state index in [1.807, 2.05) is 0 Å². The van der Waals surface area contributed by atoms with Gasteiger partial charge in [-0.1, -0.05) is 58.0 Å². The van der Waals surface area contributed by atoms with Gasteiger partial charge in [-0.2, -0.15) is 0 Å². The third kappa shape index (κ3) is 3.88. The van der Waals surface area contributed by atoms with E-state index in [0.717, 1.165) is 0 Å². The van der Waals surface area contributed by atoms with E-state index in [1.165, 1.54) is 17.3 Å². The Labute approximate surface area is 103 Å². The zero-order valence-electron chi connectivity index (χ0n) is 10.9. The molecule has 16 heavy (non-hydrogen) atoms. The molecule has 0 heterocycles. The van der Waals surface area contributed by atoms with Gasteiger partial charge in [0.2, 0.25) is 0 Å². The molecule has 1 aromatic carbocycles. The highest BCUT2D eigenvalue weighted by Gasteiger charge is 2.22. The van der Waals surface area contributed by atoms with Crippen LogP contribution < -0.4 is 5.19 Å². The molecule has 1 nitrogen and oxygen atoms in total. The largest absolute Gasteiger partial charge is 0.456 e. The second-order valence-corrected chi connectivity index (χ2v) is 11.5. The quantitative estimate of drug-likeness (QED) is 0.708. The van der Waals surface area contributed by atoms with E-state index in [0.29, 0.717) is 5.54 Å². The van der Waals surface area contributed by atoms with Crippen LogP contribution in [-0.4, -0.2) is 18.1 Å². The lowest BCUT2D eigenvalue weighted by atomic mass is 10.4. The summed E-state index contributed by atoms with van der Waals surface area (Å²) < 4.78 is 6.47. The third-order valence-electron chi connectivity index (χ3n) is 2.98. The first-order valence-electron chi connectivity index (χ1n) is 6.39. The van der Waals surface area contributed by atoms with Crippen LogP contribution in [0.1, 0.15) is 27.7 Å². The Morgan fingerprint density at radius 1 is 1.06 bits per heavy atom. The fraction of sp³-hybridized carbons (Fsp3) is 0.538. The van der Waals surface area contributed by atoms with Crippen molar-refractivity contribution in [2.24, 2.45) is 0 Å². The molecular weight excluding hydrogens is 228 g/mol. The summed E-state index contributed by atoms with van der Waals surface area (Å²) >= 11 is 0. The lowest BCUT2D eigenvalue weighted by molar-refractivity contribution is 0.575. The Morgan fingerprint density at radius 2 is 1.62 bits per heavy atom. The highest BCUT2D eigenvalue weighted by molar-refractivity contribution is 6.75. The summed E-state index contributed by atoms with van der Waals surface area (Å²) in [6, 6.07) is 13.4. The Balaban J connectivity index is 2.76. The number of benzene rings is 1. The molecule has 90 valence electrons. The molecule has 1 unspecified atom stereocenters. The van der Waals surface area contributed by atoms with Crippen molar-refractivity contribution in [3.05, 3.63) is 30.3 Å². The summed E-state index contributed by atoms with van der Waals surface area (Å²) in [7, 11) is -2.11. The molecule has 0 saturated carbocycles. The van der Waals surface area contributed by atoms with Crippen LogP contribution in [0.25, 0.3) is 0 Å². The molecule has 0 aliphatic rings. The van der Waals surface area contributed by atoms with Gasteiger partial charge in [-0.25, -0.2) is 0 Å². The average molecular weight is 253 g/mol. The Hall–Kier alpha value is -0.386. The van der Waals surface area contributed by atoms with Crippen molar-refractivity contribution in [3.8, 4) is 0 Å². The van der Waals surface area contributed by atoms with Gasteiger partial charge in [-0.05, 0) is 22.8 Å². The minimum Gasteiger partial charge on any atom is -0.456 e. The monoisotopic (exact) mass is 252 g/mol. The van der Waals surface area contributed by atoms with Gasteiger partial charge in [0.15, 0.2) is 18.1 Å². The van der Waals surface area contributed by atoms with Crippen molar-refractivity contribution in [2.45, 2.75) is 45.3 Å². The molecule has 0 saturated heterocycles. The van der Waals surface area contributed by atoms with Gasteiger partial charge in [0.25, 0.3) is 0 Å². The predicted molar refractivity (Wildman–Crippen MR) is 77.5 cm³/mol. The topological polar surface area (TPSA) is 9.23 Å². The summed E-state index contributed by atoms with van der Waals surface area (Å²) in [5.41, 5.74) is 0.690. The maximum absolute atomic E-state index is 6.47. The number of rotatable bonds is 6. The molecule has 0 aliphatic carbocycles. The molecule has 0 aromatic heterocycles. The van der Waals surface area contributed by atoms with E-state index in [1.54, 1.807) is 0 Å². The van der Waals surface area contributed by atoms with Crippen molar-refractivity contribution in [2.75, 3.05) is 0 Å². The normalized spacial score (nSPS) is 13.4. The van der Waals surface area contributed by atoms with E-state index in [4.69, 9.17) is 4.12 Å². The van der Waals surface area contributed by atoms with Crippen LogP contribution in [0.4, 0.5) is 0 Å². The zero-order chi connectivity index (χ0) is 12.0. The van der Waals surface area contributed by atoms with Gasteiger partial charge in [-0.15, -0.1) is 0 Å². The maximum Gasteiger partial charge on any atom is 0.197 e. The Morgan fingerprint density at radius 3 is 2.06 bits per heavy atom. The highest BCUT2D eigenvalue weighted by Crippen LogP contribution is 2.13. The van der Waals surface area contributed by atoms with E-state index >= 15 is 0 Å². The van der Waals surface area contributed by atoms with Crippen LogP contribution in [-0.2, 0) is 4.12 Å². The molecule has 0 radical (unpaired) electrons. The summed E-state index contributed by atoms with van der Waals surface area (Å²) in [6.45, 7) is 9.16. The van der Waals surface area contributed by atoms with Crippen molar-refractivity contribution >= 4 is 23.3 Å². The summed E-state index contributed by atoms with van der Waals surface area (Å²) in [5.74, 6) is 0. The fourth-order valence-corrected chi connectivity index (χ4v) is 8.98. The summed E-state index contributed by atoms with van der Waals surface area (Å²) in [6.07, 6.45) is 0. The molecule has 0 spiro atoms. The van der Waals surface area contributed by atoms with Crippen molar-refractivity contribution in [1.82, 2.24) is 0 Å². The molecule has 0 fully saturated rings. The SMILES string of the molecule is CC[SiH](CC)O[SiH](c1ccccc1)C(C)C. The average Bonchev–Trinajstić information content (AvgIpc) is 2.31. The van der Waals surface area contributed by atoms with Crippen molar-refractivity contribution in [1.29, 1.82) is 0 Å². The van der Waals surface area contributed by atoms with Gasteiger partial charge < -0.3 is 4.12 Å². The number of hydrogen-bond acceptors (Lipinski definition) is 1. The first-order chi connectivity index (χ1) is 7.69. The molecule has 1 atom stereocenters. The molecule has 0 aliphatic heterocycles. The van der Waals surface area contributed by atoms with Crippen LogP contribution in [0.15, 0.2) is 30.3 Å². The lowest BCUT2D eigenvalue weighted by Gasteiger charge is -2.25. The smallest absolute Gasteiger partial charge is 0.197 e. The molecule has 1 aromatic rings. The minimum atomic E-state index is -1.20. The van der Waals surface area contributed by atoms with Gasteiger partial charge >= 0.3 is 0 Å². The van der Waals surface area contributed by atoms with Crippen LogP contribution in [0, 0.1) is 0 Å². The summed E-state index contributed by atoms with van der Waals surface area (Å²) in [4.78, 5) is 0. The second-order valence-electron chi connectivity index (χ2n) is 4.65. The Kier molecular flexibility index (Phi) is 6.02. The highest BCUT2D eigenvalue weighted by atomic mass is 28.4. The first kappa shape index (κ1) is 13.7. The van der Waals surface area contributed by atoms with Gasteiger partial charge in [-0.3, -0.25) is 0 Å². The summed E-state index contributed by atoms with van der Waals surface area (Å²) in [5, 5.41) is 1.47. The van der Waals surface area contributed by atoms with Crippen molar-refractivity contribution in [3.63, 3.8) is 0 Å².